The topological polar surface area (TPSA) is 80.5 Å². The molecule has 92 valence electrons. The third-order valence-electron chi connectivity index (χ3n) is 2.99. The molecule has 5 nitrogen and oxygen atoms in total. The van der Waals surface area contributed by atoms with Gasteiger partial charge in [-0.05, 0) is 39.3 Å². The highest BCUT2D eigenvalue weighted by Gasteiger charge is 2.16. The van der Waals surface area contributed by atoms with Gasteiger partial charge in [-0.2, -0.15) is 10.4 Å². The molecule has 0 aliphatic heterocycles. The Labute approximate surface area is 106 Å². The molecular formula is C13H15N5. The summed E-state index contributed by atoms with van der Waals surface area (Å²) in [7, 11) is 0. The molecule has 2 rings (SSSR count). The van der Waals surface area contributed by atoms with Gasteiger partial charge in [0.2, 0.25) is 0 Å². The second-order valence-electron chi connectivity index (χ2n) is 4.39. The molecule has 0 bridgehead atoms. The van der Waals surface area contributed by atoms with Crippen molar-refractivity contribution in [2.24, 2.45) is 0 Å². The normalized spacial score (nSPS) is 10.4. The van der Waals surface area contributed by atoms with Gasteiger partial charge in [0.1, 0.15) is 6.07 Å². The fraction of sp³-hybridized carbons (Fsp3) is 0.308. The Bertz CT molecular complexity index is 661. The van der Waals surface area contributed by atoms with Crippen molar-refractivity contribution in [2.75, 3.05) is 5.73 Å². The van der Waals surface area contributed by atoms with Crippen LogP contribution in [0.4, 0.5) is 5.69 Å². The van der Waals surface area contributed by atoms with E-state index < -0.39 is 0 Å². The highest BCUT2D eigenvalue weighted by atomic mass is 15.3. The Hall–Kier alpha value is -2.35. The van der Waals surface area contributed by atoms with Crippen molar-refractivity contribution in [3.05, 3.63) is 34.3 Å². The average molecular weight is 241 g/mol. The molecule has 0 amide bonds. The Morgan fingerprint density at radius 3 is 2.44 bits per heavy atom. The largest absolute Gasteiger partial charge is 0.396 e. The summed E-state index contributed by atoms with van der Waals surface area (Å²) < 4.78 is 1.64. The molecule has 0 spiro atoms. The van der Waals surface area contributed by atoms with E-state index in [1.54, 1.807) is 4.68 Å². The summed E-state index contributed by atoms with van der Waals surface area (Å²) in [6.07, 6.45) is 0. The fourth-order valence-corrected chi connectivity index (χ4v) is 1.97. The third kappa shape index (κ3) is 1.72. The fourth-order valence-electron chi connectivity index (χ4n) is 1.97. The van der Waals surface area contributed by atoms with E-state index in [0.29, 0.717) is 17.1 Å². The van der Waals surface area contributed by atoms with Gasteiger partial charge >= 0.3 is 0 Å². The lowest BCUT2D eigenvalue weighted by molar-refractivity contribution is 0.797. The first-order chi connectivity index (χ1) is 8.45. The van der Waals surface area contributed by atoms with Crippen LogP contribution in [0.2, 0.25) is 0 Å². The zero-order valence-electron chi connectivity index (χ0n) is 10.9. The number of aromatic nitrogens is 3. The number of nitrogens with zero attached hydrogens (tertiary/aromatic N) is 4. The van der Waals surface area contributed by atoms with Gasteiger partial charge in [0, 0.05) is 5.69 Å². The molecule has 0 saturated carbocycles. The molecule has 2 aromatic rings. The summed E-state index contributed by atoms with van der Waals surface area (Å²) in [5.74, 6) is 0.548. The molecule has 2 heterocycles. The Morgan fingerprint density at radius 1 is 1.28 bits per heavy atom. The van der Waals surface area contributed by atoms with E-state index in [1.165, 1.54) is 0 Å². The van der Waals surface area contributed by atoms with Crippen LogP contribution in [0.5, 0.6) is 0 Å². The molecule has 18 heavy (non-hydrogen) atoms. The van der Waals surface area contributed by atoms with E-state index in [9.17, 15) is 5.26 Å². The van der Waals surface area contributed by atoms with Crippen molar-refractivity contribution in [1.82, 2.24) is 14.8 Å². The van der Waals surface area contributed by atoms with Crippen molar-refractivity contribution in [1.29, 1.82) is 5.26 Å². The van der Waals surface area contributed by atoms with Crippen LogP contribution < -0.4 is 5.73 Å². The highest BCUT2D eigenvalue weighted by molar-refractivity contribution is 5.54. The predicted molar refractivity (Wildman–Crippen MR) is 69.4 cm³/mol. The van der Waals surface area contributed by atoms with E-state index in [0.717, 1.165) is 22.6 Å². The zero-order valence-corrected chi connectivity index (χ0v) is 10.9. The van der Waals surface area contributed by atoms with Crippen molar-refractivity contribution in [2.45, 2.75) is 27.7 Å². The summed E-state index contributed by atoms with van der Waals surface area (Å²) in [5.41, 5.74) is 10.4. The molecule has 0 unspecified atom stereocenters. The smallest absolute Gasteiger partial charge is 0.172 e. The summed E-state index contributed by atoms with van der Waals surface area (Å²) in [4.78, 5) is 4.41. The molecule has 0 aromatic carbocycles. The number of aryl methyl sites for hydroxylation is 3. The first-order valence-electron chi connectivity index (χ1n) is 5.66. The Morgan fingerprint density at radius 2 is 1.94 bits per heavy atom. The number of nitrogens with two attached hydrogens (primary N) is 1. The van der Waals surface area contributed by atoms with E-state index in [2.05, 4.69) is 16.2 Å². The lowest BCUT2D eigenvalue weighted by atomic mass is 10.1. The number of rotatable bonds is 1. The van der Waals surface area contributed by atoms with Gasteiger partial charge in [0.15, 0.2) is 5.82 Å². The van der Waals surface area contributed by atoms with Crippen LogP contribution in [0.15, 0.2) is 6.07 Å². The number of anilines is 1. The first-order valence-corrected chi connectivity index (χ1v) is 5.66. The van der Waals surface area contributed by atoms with Crippen molar-refractivity contribution >= 4 is 5.69 Å². The second kappa shape index (κ2) is 4.15. The molecular weight excluding hydrogens is 226 g/mol. The minimum absolute atomic E-state index is 0.534. The van der Waals surface area contributed by atoms with E-state index in [-0.39, 0.29) is 0 Å². The standard InChI is InChI=1S/C13H15N5/c1-7-5-8(2)16-13(11(7)6-14)18-10(4)12(15)9(3)17-18/h5H,15H2,1-4H3. The monoisotopic (exact) mass is 241 g/mol. The predicted octanol–water partition coefficient (Wildman–Crippen LogP) is 1.95. The molecule has 0 atom stereocenters. The molecule has 0 aliphatic carbocycles. The highest BCUT2D eigenvalue weighted by Crippen LogP contribution is 2.22. The van der Waals surface area contributed by atoms with E-state index >= 15 is 0 Å². The molecule has 0 radical (unpaired) electrons. The number of pyridine rings is 1. The molecule has 5 heteroatoms. The summed E-state index contributed by atoms with van der Waals surface area (Å²) in [6, 6.07) is 4.07. The van der Waals surface area contributed by atoms with Crippen LogP contribution in [0.25, 0.3) is 5.82 Å². The summed E-state index contributed by atoms with van der Waals surface area (Å²) in [6.45, 7) is 7.50. The third-order valence-corrected chi connectivity index (χ3v) is 2.99. The van der Waals surface area contributed by atoms with Crippen LogP contribution in [-0.2, 0) is 0 Å². The minimum Gasteiger partial charge on any atom is -0.396 e. The van der Waals surface area contributed by atoms with E-state index in [1.807, 2.05) is 33.8 Å². The molecule has 2 N–H and O–H groups in total. The van der Waals surface area contributed by atoms with Crippen molar-refractivity contribution < 1.29 is 0 Å². The lowest BCUT2D eigenvalue weighted by Gasteiger charge is -2.09. The van der Waals surface area contributed by atoms with Gasteiger partial charge in [-0.3, -0.25) is 0 Å². The number of nitriles is 1. The van der Waals surface area contributed by atoms with Gasteiger partial charge in [0.25, 0.3) is 0 Å². The average Bonchev–Trinajstić information content (AvgIpc) is 2.56. The summed E-state index contributed by atoms with van der Waals surface area (Å²) >= 11 is 0. The molecule has 0 fully saturated rings. The maximum atomic E-state index is 9.26. The lowest BCUT2D eigenvalue weighted by Crippen LogP contribution is -2.07. The second-order valence-corrected chi connectivity index (χ2v) is 4.39. The van der Waals surface area contributed by atoms with Crippen molar-refractivity contribution in [3.63, 3.8) is 0 Å². The number of nitrogen functional groups attached to an aromatic ring is 1. The molecule has 0 saturated heterocycles. The van der Waals surface area contributed by atoms with Crippen LogP contribution in [-0.4, -0.2) is 14.8 Å². The minimum atomic E-state index is 0.534. The van der Waals surface area contributed by atoms with Gasteiger partial charge in [-0.25, -0.2) is 9.67 Å². The maximum Gasteiger partial charge on any atom is 0.172 e. The van der Waals surface area contributed by atoms with Gasteiger partial charge < -0.3 is 5.73 Å². The Kier molecular flexibility index (Phi) is 2.79. The van der Waals surface area contributed by atoms with Crippen LogP contribution in [0.3, 0.4) is 0 Å². The first kappa shape index (κ1) is 12.1. The van der Waals surface area contributed by atoms with Crippen molar-refractivity contribution in [3.8, 4) is 11.9 Å². The van der Waals surface area contributed by atoms with Gasteiger partial charge in [-0.1, -0.05) is 0 Å². The SMILES string of the molecule is Cc1cc(C)c(C#N)c(-n2nc(C)c(N)c2C)n1. The Balaban J connectivity index is 2.79. The summed E-state index contributed by atoms with van der Waals surface area (Å²) in [5, 5.41) is 13.6. The molecule has 0 aliphatic rings. The van der Waals surface area contributed by atoms with Crippen LogP contribution in [0.1, 0.15) is 28.2 Å². The maximum absolute atomic E-state index is 9.26. The van der Waals surface area contributed by atoms with Gasteiger partial charge in [-0.15, -0.1) is 0 Å². The number of hydrogen-bond donors (Lipinski definition) is 1. The van der Waals surface area contributed by atoms with Crippen LogP contribution >= 0.6 is 0 Å². The number of hydrogen-bond acceptors (Lipinski definition) is 4. The van der Waals surface area contributed by atoms with Gasteiger partial charge in [0.05, 0.1) is 22.6 Å². The molecule has 2 aromatic heterocycles. The quantitative estimate of drug-likeness (QED) is 0.827. The van der Waals surface area contributed by atoms with Crippen LogP contribution in [0, 0.1) is 39.0 Å². The zero-order chi connectivity index (χ0) is 13.4. The van der Waals surface area contributed by atoms with E-state index in [4.69, 9.17) is 5.73 Å².